The summed E-state index contributed by atoms with van der Waals surface area (Å²) in [6.45, 7) is 4.39. The molecule has 0 saturated carbocycles. The normalized spacial score (nSPS) is 17.0. The van der Waals surface area contributed by atoms with Gasteiger partial charge in [-0.1, -0.05) is 18.2 Å². The van der Waals surface area contributed by atoms with E-state index in [9.17, 15) is 8.42 Å². The average molecular weight is 402 g/mol. The van der Waals surface area contributed by atoms with Gasteiger partial charge in [-0.3, -0.25) is 9.78 Å². The Morgan fingerprint density at radius 3 is 2.61 bits per heavy atom. The third kappa shape index (κ3) is 3.85. The molecular formula is C19H22N4O4S. The van der Waals surface area contributed by atoms with E-state index in [4.69, 9.17) is 9.90 Å². The first-order valence-electron chi connectivity index (χ1n) is 8.82. The Labute approximate surface area is 163 Å². The van der Waals surface area contributed by atoms with Gasteiger partial charge >= 0.3 is 0 Å². The average Bonchev–Trinajstić information content (AvgIpc) is 3.10. The molecule has 1 aliphatic heterocycles. The number of carboxylic acid groups (broad SMARTS) is 1. The summed E-state index contributed by atoms with van der Waals surface area (Å²) in [5.41, 5.74) is 2.19. The van der Waals surface area contributed by atoms with Crippen molar-refractivity contribution in [1.29, 1.82) is 0 Å². The molecule has 4 rings (SSSR count). The molecule has 1 aliphatic rings. The molecule has 0 aliphatic carbocycles. The summed E-state index contributed by atoms with van der Waals surface area (Å²) >= 11 is 0. The van der Waals surface area contributed by atoms with Crippen LogP contribution in [0.15, 0.2) is 59.8 Å². The molecule has 8 nitrogen and oxygen atoms in total. The molecule has 1 atom stereocenters. The van der Waals surface area contributed by atoms with Crippen molar-refractivity contribution in [2.24, 2.45) is 0 Å². The zero-order valence-electron chi connectivity index (χ0n) is 15.4. The van der Waals surface area contributed by atoms with Crippen molar-refractivity contribution in [2.75, 3.05) is 24.5 Å². The summed E-state index contributed by atoms with van der Waals surface area (Å²) in [6.07, 6.45) is 3.41. The first kappa shape index (κ1) is 19.8. The van der Waals surface area contributed by atoms with E-state index in [2.05, 4.69) is 22.1 Å². The van der Waals surface area contributed by atoms with Gasteiger partial charge in [-0.25, -0.2) is 12.4 Å². The van der Waals surface area contributed by atoms with Crippen LogP contribution in [0.25, 0.3) is 11.0 Å². The number of carbonyl (C=O) groups is 1. The molecule has 2 aromatic heterocycles. The number of rotatable bonds is 3. The summed E-state index contributed by atoms with van der Waals surface area (Å²) in [5.74, 6) is 0. The van der Waals surface area contributed by atoms with E-state index in [1.165, 1.54) is 3.97 Å². The summed E-state index contributed by atoms with van der Waals surface area (Å²) in [5, 5.41) is 10.3. The van der Waals surface area contributed by atoms with Gasteiger partial charge in [-0.05, 0) is 31.2 Å². The lowest BCUT2D eigenvalue weighted by Crippen LogP contribution is -2.49. The Hall–Kier alpha value is -2.91. The molecule has 0 spiro atoms. The van der Waals surface area contributed by atoms with E-state index >= 15 is 0 Å². The second-order valence-corrected chi connectivity index (χ2v) is 8.22. The highest BCUT2D eigenvalue weighted by atomic mass is 32.2. The van der Waals surface area contributed by atoms with Crippen LogP contribution >= 0.6 is 0 Å². The number of hydrogen-bond donors (Lipinski definition) is 2. The summed E-state index contributed by atoms with van der Waals surface area (Å²) < 4.78 is 27.6. The molecule has 2 N–H and O–H groups in total. The second kappa shape index (κ2) is 8.41. The highest BCUT2D eigenvalue weighted by Gasteiger charge is 2.25. The zero-order chi connectivity index (χ0) is 20.1. The second-order valence-electron chi connectivity index (χ2n) is 6.41. The minimum absolute atomic E-state index is 0.250. The van der Waals surface area contributed by atoms with Crippen LogP contribution in [0.1, 0.15) is 6.92 Å². The van der Waals surface area contributed by atoms with E-state index in [0.29, 0.717) is 11.6 Å². The Morgan fingerprint density at radius 1 is 1.21 bits per heavy atom. The number of aromatic nitrogens is 2. The summed E-state index contributed by atoms with van der Waals surface area (Å²) in [4.78, 5) is 15.3. The zero-order valence-corrected chi connectivity index (χ0v) is 16.2. The van der Waals surface area contributed by atoms with Crippen LogP contribution in [-0.2, 0) is 14.8 Å². The molecule has 0 radical (unpaired) electrons. The van der Waals surface area contributed by atoms with Gasteiger partial charge in [0, 0.05) is 38.1 Å². The van der Waals surface area contributed by atoms with Crippen LogP contribution < -0.4 is 10.2 Å². The number of pyridine rings is 1. The molecule has 3 heterocycles. The van der Waals surface area contributed by atoms with Crippen molar-refractivity contribution in [3.63, 3.8) is 0 Å². The molecule has 148 valence electrons. The fourth-order valence-electron chi connectivity index (χ4n) is 3.30. The third-order valence-corrected chi connectivity index (χ3v) is 6.20. The maximum absolute atomic E-state index is 13.1. The Bertz CT molecular complexity index is 1050. The van der Waals surface area contributed by atoms with Gasteiger partial charge in [0.2, 0.25) is 0 Å². The fourth-order valence-corrected chi connectivity index (χ4v) is 4.67. The van der Waals surface area contributed by atoms with Crippen molar-refractivity contribution in [2.45, 2.75) is 17.9 Å². The lowest BCUT2D eigenvalue weighted by Gasteiger charge is -2.32. The van der Waals surface area contributed by atoms with Gasteiger partial charge in [0.25, 0.3) is 16.5 Å². The molecule has 1 aromatic carbocycles. The lowest BCUT2D eigenvalue weighted by molar-refractivity contribution is -0.122. The van der Waals surface area contributed by atoms with Crippen molar-refractivity contribution in [3.8, 4) is 0 Å². The Morgan fingerprint density at radius 2 is 1.93 bits per heavy atom. The summed E-state index contributed by atoms with van der Waals surface area (Å²) in [6, 6.07) is 12.4. The predicted molar refractivity (Wildman–Crippen MR) is 107 cm³/mol. The minimum Gasteiger partial charge on any atom is -0.483 e. The maximum atomic E-state index is 13.1. The van der Waals surface area contributed by atoms with E-state index in [0.717, 1.165) is 30.8 Å². The van der Waals surface area contributed by atoms with Gasteiger partial charge < -0.3 is 15.3 Å². The number of anilines is 1. The molecule has 1 saturated heterocycles. The van der Waals surface area contributed by atoms with Crippen LogP contribution in [0.4, 0.5) is 5.69 Å². The van der Waals surface area contributed by atoms with Crippen LogP contribution in [0, 0.1) is 0 Å². The number of benzene rings is 1. The van der Waals surface area contributed by atoms with Gasteiger partial charge in [0.05, 0.1) is 16.1 Å². The standard InChI is InChI=1S/C18H20N4O2S.CH2O2/c1-14-12-21(11-10-19-14)17-13-22(16-8-5-9-20-18(16)17)25(23,24)15-6-3-2-4-7-15;2-1-3/h2-9,13-14,19H,10-12H2,1H3;1H,(H,2,3). The number of piperazine rings is 1. The number of hydrogen-bond acceptors (Lipinski definition) is 6. The largest absolute Gasteiger partial charge is 0.483 e. The Balaban J connectivity index is 0.000000706. The van der Waals surface area contributed by atoms with Crippen molar-refractivity contribution < 1.29 is 18.3 Å². The van der Waals surface area contributed by atoms with E-state index in [1.54, 1.807) is 48.8 Å². The smallest absolute Gasteiger partial charge is 0.290 e. The molecule has 0 amide bonds. The highest BCUT2D eigenvalue weighted by molar-refractivity contribution is 7.90. The van der Waals surface area contributed by atoms with Crippen LogP contribution in [-0.4, -0.2) is 54.6 Å². The number of nitrogens with one attached hydrogen (secondary N) is 1. The molecule has 28 heavy (non-hydrogen) atoms. The molecular weight excluding hydrogens is 380 g/mol. The number of nitrogens with zero attached hydrogens (tertiary/aromatic N) is 3. The fraction of sp³-hybridized carbons (Fsp3) is 0.263. The van der Waals surface area contributed by atoms with Gasteiger partial charge in [-0.15, -0.1) is 0 Å². The Kier molecular flexibility index (Phi) is 5.96. The maximum Gasteiger partial charge on any atom is 0.290 e. The monoisotopic (exact) mass is 402 g/mol. The third-order valence-electron chi connectivity index (χ3n) is 4.52. The minimum atomic E-state index is -3.66. The van der Waals surface area contributed by atoms with E-state index in [1.807, 2.05) is 6.07 Å². The van der Waals surface area contributed by atoms with Crippen molar-refractivity contribution in [1.82, 2.24) is 14.3 Å². The first-order chi connectivity index (χ1) is 13.5. The topological polar surface area (TPSA) is 105 Å². The summed E-state index contributed by atoms with van der Waals surface area (Å²) in [7, 11) is -3.66. The first-order valence-corrected chi connectivity index (χ1v) is 10.3. The van der Waals surface area contributed by atoms with Crippen LogP contribution in [0.3, 0.4) is 0 Å². The SMILES string of the molecule is CC1CN(c2cn(S(=O)(=O)c3ccccc3)c3cccnc23)CCN1.O=CO. The predicted octanol–water partition coefficient (Wildman–Crippen LogP) is 1.77. The van der Waals surface area contributed by atoms with E-state index < -0.39 is 10.0 Å². The van der Waals surface area contributed by atoms with E-state index in [-0.39, 0.29) is 11.4 Å². The molecule has 9 heteroatoms. The van der Waals surface area contributed by atoms with Crippen molar-refractivity contribution >= 4 is 33.2 Å². The highest BCUT2D eigenvalue weighted by Crippen LogP contribution is 2.31. The van der Waals surface area contributed by atoms with Crippen LogP contribution in [0.2, 0.25) is 0 Å². The van der Waals surface area contributed by atoms with Crippen LogP contribution in [0.5, 0.6) is 0 Å². The number of fused-ring (bicyclic) bond motifs is 1. The van der Waals surface area contributed by atoms with Gasteiger partial charge in [0.15, 0.2) is 0 Å². The molecule has 1 fully saturated rings. The quantitative estimate of drug-likeness (QED) is 0.644. The van der Waals surface area contributed by atoms with Crippen molar-refractivity contribution in [3.05, 3.63) is 54.9 Å². The molecule has 0 bridgehead atoms. The molecule has 1 unspecified atom stereocenters. The lowest BCUT2D eigenvalue weighted by atomic mass is 10.2. The molecule has 3 aromatic rings. The van der Waals surface area contributed by atoms with Gasteiger partial charge in [-0.2, -0.15) is 0 Å². The van der Waals surface area contributed by atoms with Gasteiger partial charge in [0.1, 0.15) is 5.52 Å².